The summed E-state index contributed by atoms with van der Waals surface area (Å²) in [6, 6.07) is 6.62. The van der Waals surface area contributed by atoms with Gasteiger partial charge in [-0.15, -0.1) is 0 Å². The topological polar surface area (TPSA) is 129 Å². The van der Waals surface area contributed by atoms with Crippen LogP contribution in [-0.2, 0) is 6.54 Å². The highest BCUT2D eigenvalue weighted by atomic mass is 32.2. The predicted molar refractivity (Wildman–Crippen MR) is 124 cm³/mol. The molecule has 0 radical (unpaired) electrons. The number of H-pyrrole nitrogens is 1. The number of hydrogen-bond donors (Lipinski definition) is 3. The van der Waals surface area contributed by atoms with Gasteiger partial charge in [0.25, 0.3) is 0 Å². The van der Waals surface area contributed by atoms with Gasteiger partial charge in [0.15, 0.2) is 33.6 Å². The van der Waals surface area contributed by atoms with Gasteiger partial charge >= 0.3 is 0 Å². The van der Waals surface area contributed by atoms with Crippen molar-refractivity contribution in [2.24, 2.45) is 0 Å². The average molecular weight is 465 g/mol. The summed E-state index contributed by atoms with van der Waals surface area (Å²) in [4.78, 5) is 14.4. The summed E-state index contributed by atoms with van der Waals surface area (Å²) in [5.74, 6) is 1.82. The molecule has 4 aromatic rings. The van der Waals surface area contributed by atoms with Gasteiger partial charge in [-0.3, -0.25) is 5.10 Å². The summed E-state index contributed by atoms with van der Waals surface area (Å²) in [7, 11) is 0. The fraction of sp³-hybridized carbons (Fsp3) is 0.364. The number of nitrogens with zero attached hydrogens (tertiary/aromatic N) is 5. The van der Waals surface area contributed by atoms with E-state index < -0.39 is 0 Å². The van der Waals surface area contributed by atoms with E-state index in [1.54, 1.807) is 18.0 Å². The van der Waals surface area contributed by atoms with Gasteiger partial charge in [0.2, 0.25) is 6.79 Å². The average Bonchev–Trinajstić information content (AvgIpc) is 3.18. The summed E-state index contributed by atoms with van der Waals surface area (Å²) in [6.07, 6.45) is 7.93. The molecule has 3 aromatic heterocycles. The highest BCUT2D eigenvalue weighted by molar-refractivity contribution is 7.99. The van der Waals surface area contributed by atoms with Gasteiger partial charge in [-0.1, -0.05) is 11.8 Å². The third-order valence-electron chi connectivity index (χ3n) is 5.81. The predicted octanol–water partition coefficient (Wildman–Crippen LogP) is 3.21. The Balaban J connectivity index is 1.33. The number of hydrogen-bond acceptors (Lipinski definition) is 9. The molecular weight excluding hydrogens is 440 g/mol. The molecule has 2 aliphatic rings. The van der Waals surface area contributed by atoms with Gasteiger partial charge in [-0.2, -0.15) is 5.10 Å². The molecule has 11 heteroatoms. The van der Waals surface area contributed by atoms with Crippen molar-refractivity contribution in [1.29, 1.82) is 0 Å². The second-order valence-corrected chi connectivity index (χ2v) is 9.20. The number of aromatic nitrogens is 6. The van der Waals surface area contributed by atoms with E-state index in [1.165, 1.54) is 19.2 Å². The molecule has 0 unspecified atom stereocenters. The van der Waals surface area contributed by atoms with Gasteiger partial charge in [-0.25, -0.2) is 15.0 Å². The number of ether oxygens (including phenoxy) is 2. The molecule has 0 spiro atoms. The molecule has 0 amide bonds. The Hall–Kier alpha value is -3.31. The fourth-order valence-corrected chi connectivity index (χ4v) is 4.99. The molecule has 10 nitrogen and oxygen atoms in total. The number of nitrogen functional groups attached to an aromatic ring is 1. The fourth-order valence-electron chi connectivity index (χ4n) is 3.92. The standard InChI is InChI=1S/C22H24N8O2S/c23-20-19-21(26-11-25-20)30(8-2-1-6-24-13-3-4-13)22(28-19)33-18-10-17-16(31-12-32-17)9-14(18)15-5-7-27-29-15/h5,7,9-11,13,24H,1-4,6,8,12H2,(H,27,29)(H2,23,25,26). The first kappa shape index (κ1) is 20.3. The van der Waals surface area contributed by atoms with E-state index >= 15 is 0 Å². The lowest BCUT2D eigenvalue weighted by Gasteiger charge is -2.12. The van der Waals surface area contributed by atoms with E-state index in [2.05, 4.69) is 30.0 Å². The van der Waals surface area contributed by atoms with Crippen LogP contribution in [0.3, 0.4) is 0 Å². The Labute approximate surface area is 194 Å². The minimum absolute atomic E-state index is 0.214. The molecule has 0 saturated heterocycles. The molecule has 1 aliphatic carbocycles. The Kier molecular flexibility index (Phi) is 5.27. The highest BCUT2D eigenvalue weighted by Gasteiger charge is 2.23. The molecular formula is C22H24N8O2S. The summed E-state index contributed by atoms with van der Waals surface area (Å²) in [6.45, 7) is 2.04. The Morgan fingerprint density at radius 2 is 2.06 bits per heavy atom. The maximum atomic E-state index is 6.13. The largest absolute Gasteiger partial charge is 0.454 e. The van der Waals surface area contributed by atoms with Crippen LogP contribution >= 0.6 is 11.8 Å². The van der Waals surface area contributed by atoms with Crippen molar-refractivity contribution in [1.82, 2.24) is 35.0 Å². The SMILES string of the molecule is Nc1ncnc2c1nc(Sc1cc3c(cc1-c1ccn[nH]1)OCO3)n2CCCCNC1CC1. The van der Waals surface area contributed by atoms with Crippen molar-refractivity contribution < 1.29 is 9.47 Å². The van der Waals surface area contributed by atoms with E-state index in [0.29, 0.717) is 17.1 Å². The number of nitrogens with two attached hydrogens (primary N) is 1. The summed E-state index contributed by atoms with van der Waals surface area (Å²) in [5, 5.41) is 11.5. The summed E-state index contributed by atoms with van der Waals surface area (Å²) < 4.78 is 13.4. The molecule has 4 N–H and O–H groups in total. The smallest absolute Gasteiger partial charge is 0.231 e. The Morgan fingerprint density at radius 3 is 2.88 bits per heavy atom. The Morgan fingerprint density at radius 1 is 1.18 bits per heavy atom. The number of aryl methyl sites for hydroxylation is 1. The number of unbranched alkanes of at least 4 members (excludes halogenated alkanes) is 1. The molecule has 33 heavy (non-hydrogen) atoms. The first-order valence-corrected chi connectivity index (χ1v) is 11.9. The first-order valence-electron chi connectivity index (χ1n) is 11.1. The number of imidazole rings is 1. The Bertz CT molecular complexity index is 1290. The molecule has 1 fully saturated rings. The van der Waals surface area contributed by atoms with Gasteiger partial charge in [0.05, 0.1) is 5.69 Å². The maximum absolute atomic E-state index is 6.13. The van der Waals surface area contributed by atoms with E-state index in [-0.39, 0.29) is 6.79 Å². The zero-order valence-corrected chi connectivity index (χ0v) is 18.8. The number of nitrogens with one attached hydrogen (secondary N) is 2. The van der Waals surface area contributed by atoms with Crippen molar-refractivity contribution in [3.63, 3.8) is 0 Å². The summed E-state index contributed by atoms with van der Waals surface area (Å²) >= 11 is 1.55. The number of rotatable bonds is 9. The monoisotopic (exact) mass is 464 g/mol. The van der Waals surface area contributed by atoms with Crippen molar-refractivity contribution >= 4 is 28.7 Å². The molecule has 6 rings (SSSR count). The molecule has 1 aromatic carbocycles. The quantitative estimate of drug-likeness (QED) is 0.320. The van der Waals surface area contributed by atoms with Crippen LogP contribution < -0.4 is 20.5 Å². The number of benzene rings is 1. The second-order valence-electron chi connectivity index (χ2n) is 8.19. The molecule has 1 saturated carbocycles. The second kappa shape index (κ2) is 8.56. The van der Waals surface area contributed by atoms with Crippen LogP contribution in [0.4, 0.5) is 5.82 Å². The van der Waals surface area contributed by atoms with Crippen LogP contribution in [0.1, 0.15) is 25.7 Å². The van der Waals surface area contributed by atoms with Crippen LogP contribution in [0.15, 0.2) is 40.8 Å². The van der Waals surface area contributed by atoms with E-state index in [1.807, 2.05) is 18.2 Å². The van der Waals surface area contributed by atoms with Crippen molar-refractivity contribution in [2.45, 2.75) is 48.3 Å². The van der Waals surface area contributed by atoms with E-state index in [4.69, 9.17) is 20.2 Å². The number of aromatic amines is 1. The number of fused-ring (bicyclic) bond motifs is 2. The normalized spacial score (nSPS) is 14.9. The third kappa shape index (κ3) is 4.09. The first-order chi connectivity index (χ1) is 16.3. The minimum atomic E-state index is 0.214. The maximum Gasteiger partial charge on any atom is 0.231 e. The van der Waals surface area contributed by atoms with Crippen LogP contribution in [0.25, 0.3) is 22.4 Å². The van der Waals surface area contributed by atoms with E-state index in [0.717, 1.165) is 64.7 Å². The van der Waals surface area contributed by atoms with E-state index in [9.17, 15) is 0 Å². The third-order valence-corrected chi connectivity index (χ3v) is 6.86. The van der Waals surface area contributed by atoms with Crippen LogP contribution in [0.2, 0.25) is 0 Å². The van der Waals surface area contributed by atoms with Crippen molar-refractivity contribution in [3.05, 3.63) is 30.7 Å². The number of anilines is 1. The lowest BCUT2D eigenvalue weighted by atomic mass is 10.1. The van der Waals surface area contributed by atoms with Gasteiger partial charge in [-0.05, 0) is 50.4 Å². The molecule has 170 valence electrons. The molecule has 4 heterocycles. The summed E-state index contributed by atoms with van der Waals surface area (Å²) in [5.41, 5.74) is 9.37. The molecule has 1 aliphatic heterocycles. The lowest BCUT2D eigenvalue weighted by Crippen LogP contribution is -2.17. The zero-order chi connectivity index (χ0) is 22.2. The lowest BCUT2D eigenvalue weighted by molar-refractivity contribution is 0.174. The molecule has 0 bridgehead atoms. The van der Waals surface area contributed by atoms with Gasteiger partial charge in [0, 0.05) is 29.2 Å². The van der Waals surface area contributed by atoms with Crippen molar-refractivity contribution in [3.8, 4) is 22.8 Å². The molecule has 0 atom stereocenters. The van der Waals surface area contributed by atoms with Gasteiger partial charge in [0.1, 0.15) is 6.33 Å². The van der Waals surface area contributed by atoms with Crippen LogP contribution in [0.5, 0.6) is 11.5 Å². The van der Waals surface area contributed by atoms with Crippen molar-refractivity contribution in [2.75, 3.05) is 19.1 Å². The van der Waals surface area contributed by atoms with Gasteiger partial charge < -0.3 is 25.1 Å². The zero-order valence-electron chi connectivity index (χ0n) is 18.0. The minimum Gasteiger partial charge on any atom is -0.454 e. The highest BCUT2D eigenvalue weighted by Crippen LogP contribution is 2.44. The van der Waals surface area contributed by atoms with Crippen LogP contribution in [-0.4, -0.2) is 49.1 Å². The van der Waals surface area contributed by atoms with Crippen LogP contribution in [0, 0.1) is 0 Å².